The van der Waals surface area contributed by atoms with E-state index in [0.29, 0.717) is 12.4 Å². The summed E-state index contributed by atoms with van der Waals surface area (Å²) in [5.41, 5.74) is 2.16. The first-order valence-corrected chi connectivity index (χ1v) is 10.8. The van der Waals surface area contributed by atoms with Gasteiger partial charge in [-0.25, -0.2) is 8.42 Å². The third-order valence-electron chi connectivity index (χ3n) is 4.98. The second-order valence-corrected chi connectivity index (χ2v) is 9.09. The van der Waals surface area contributed by atoms with Gasteiger partial charge in [-0.05, 0) is 56.2 Å². The quantitative estimate of drug-likeness (QED) is 0.774. The van der Waals surface area contributed by atoms with Crippen LogP contribution in [-0.2, 0) is 26.2 Å². The highest BCUT2D eigenvalue weighted by Crippen LogP contribution is 2.27. The molecular weight excluding hydrogens is 394 g/mol. The van der Waals surface area contributed by atoms with E-state index >= 15 is 0 Å². The Kier molecular flexibility index (Phi) is 6.26. The molecule has 1 heterocycles. The topological polar surface area (TPSA) is 93.1 Å². The van der Waals surface area contributed by atoms with Crippen molar-refractivity contribution in [2.24, 2.45) is 0 Å². The van der Waals surface area contributed by atoms with Gasteiger partial charge in [0.05, 0.1) is 17.1 Å². The van der Waals surface area contributed by atoms with Crippen LogP contribution in [0.1, 0.15) is 25.0 Å². The van der Waals surface area contributed by atoms with Crippen molar-refractivity contribution in [2.45, 2.75) is 50.5 Å². The highest BCUT2D eigenvalue weighted by atomic mass is 32.2. The SMILES string of the molecule is Cc1ccccc1COc1ccc(S(=O)(=O)N2C[C@H](C)O[C@@H](C)[C@@H]2C(=O)O)cc1. The largest absolute Gasteiger partial charge is 0.489 e. The van der Waals surface area contributed by atoms with Crippen molar-refractivity contribution in [3.8, 4) is 5.75 Å². The van der Waals surface area contributed by atoms with E-state index in [1.54, 1.807) is 26.0 Å². The van der Waals surface area contributed by atoms with Gasteiger partial charge in [-0.15, -0.1) is 0 Å². The first-order valence-electron chi connectivity index (χ1n) is 9.37. The first-order chi connectivity index (χ1) is 13.7. The van der Waals surface area contributed by atoms with Crippen LogP contribution in [0, 0.1) is 6.92 Å². The van der Waals surface area contributed by atoms with Crippen molar-refractivity contribution in [3.05, 3.63) is 59.7 Å². The number of carboxylic acids is 1. The van der Waals surface area contributed by atoms with Crippen LogP contribution in [0.25, 0.3) is 0 Å². The van der Waals surface area contributed by atoms with Gasteiger partial charge in [0.15, 0.2) is 0 Å². The van der Waals surface area contributed by atoms with Gasteiger partial charge in [-0.2, -0.15) is 4.31 Å². The highest BCUT2D eigenvalue weighted by Gasteiger charge is 2.44. The molecule has 0 amide bonds. The maximum atomic E-state index is 13.1. The maximum absolute atomic E-state index is 13.1. The van der Waals surface area contributed by atoms with E-state index in [1.807, 2.05) is 31.2 Å². The van der Waals surface area contributed by atoms with Gasteiger partial charge in [0, 0.05) is 6.54 Å². The number of aliphatic carboxylic acids is 1. The molecule has 0 aromatic heterocycles. The molecule has 3 atom stereocenters. The van der Waals surface area contributed by atoms with Crippen LogP contribution >= 0.6 is 0 Å². The fourth-order valence-electron chi connectivity index (χ4n) is 3.43. The minimum Gasteiger partial charge on any atom is -0.489 e. The number of sulfonamides is 1. The molecule has 156 valence electrons. The van der Waals surface area contributed by atoms with Gasteiger partial charge >= 0.3 is 5.97 Å². The molecule has 0 saturated carbocycles. The number of morpholine rings is 1. The number of rotatable bonds is 6. The van der Waals surface area contributed by atoms with Crippen molar-refractivity contribution in [3.63, 3.8) is 0 Å². The minimum absolute atomic E-state index is 0.0187. The Morgan fingerprint density at radius 1 is 1.17 bits per heavy atom. The molecule has 8 heteroatoms. The summed E-state index contributed by atoms with van der Waals surface area (Å²) in [6.45, 7) is 5.64. The average Bonchev–Trinajstić information content (AvgIpc) is 2.66. The Hall–Kier alpha value is -2.42. The van der Waals surface area contributed by atoms with Crippen LogP contribution in [0.5, 0.6) is 5.75 Å². The fraction of sp³-hybridized carbons (Fsp3) is 0.381. The third-order valence-corrected chi connectivity index (χ3v) is 6.84. The predicted molar refractivity (Wildman–Crippen MR) is 107 cm³/mol. The van der Waals surface area contributed by atoms with Gasteiger partial charge in [0.2, 0.25) is 10.0 Å². The van der Waals surface area contributed by atoms with Crippen molar-refractivity contribution < 1.29 is 27.8 Å². The molecule has 7 nitrogen and oxygen atoms in total. The summed E-state index contributed by atoms with van der Waals surface area (Å²) in [5.74, 6) is -0.697. The lowest BCUT2D eigenvalue weighted by Gasteiger charge is -2.39. The summed E-state index contributed by atoms with van der Waals surface area (Å²) in [6, 6.07) is 12.6. The van der Waals surface area contributed by atoms with Gasteiger partial charge in [0.25, 0.3) is 0 Å². The molecule has 0 bridgehead atoms. The molecule has 2 aromatic carbocycles. The number of carboxylic acid groups (broad SMARTS) is 1. The molecular formula is C21H25NO6S. The summed E-state index contributed by atoms with van der Waals surface area (Å²) in [4.78, 5) is 11.7. The van der Waals surface area contributed by atoms with Gasteiger partial charge in [0.1, 0.15) is 18.4 Å². The molecule has 1 fully saturated rings. The monoisotopic (exact) mass is 419 g/mol. The van der Waals surface area contributed by atoms with Crippen LogP contribution in [0.15, 0.2) is 53.4 Å². The Morgan fingerprint density at radius 2 is 1.83 bits per heavy atom. The number of hydrogen-bond donors (Lipinski definition) is 1. The summed E-state index contributed by atoms with van der Waals surface area (Å²) >= 11 is 0. The van der Waals surface area contributed by atoms with Crippen molar-refractivity contribution in [2.75, 3.05) is 6.54 Å². The second-order valence-electron chi connectivity index (χ2n) is 7.20. The average molecular weight is 419 g/mol. The lowest BCUT2D eigenvalue weighted by Crippen LogP contribution is -2.58. The van der Waals surface area contributed by atoms with E-state index < -0.39 is 34.2 Å². The molecule has 0 aliphatic carbocycles. The Labute approximate surface area is 170 Å². The number of carbonyl (C=O) groups is 1. The van der Waals surface area contributed by atoms with E-state index in [0.717, 1.165) is 15.4 Å². The van der Waals surface area contributed by atoms with Gasteiger partial charge in [-0.1, -0.05) is 24.3 Å². The molecule has 1 aliphatic rings. The van der Waals surface area contributed by atoms with E-state index in [1.165, 1.54) is 12.1 Å². The molecule has 29 heavy (non-hydrogen) atoms. The smallest absolute Gasteiger partial charge is 0.324 e. The lowest BCUT2D eigenvalue weighted by molar-refractivity contribution is -0.155. The van der Waals surface area contributed by atoms with E-state index in [-0.39, 0.29) is 11.4 Å². The fourth-order valence-corrected chi connectivity index (χ4v) is 5.15. The zero-order valence-corrected chi connectivity index (χ0v) is 17.4. The summed E-state index contributed by atoms with van der Waals surface area (Å²) in [6.07, 6.45) is -1.14. The second kappa shape index (κ2) is 8.52. The first kappa shape index (κ1) is 21.3. The zero-order valence-electron chi connectivity index (χ0n) is 16.6. The van der Waals surface area contributed by atoms with Crippen molar-refractivity contribution in [1.29, 1.82) is 0 Å². The molecule has 1 aliphatic heterocycles. The third kappa shape index (κ3) is 4.60. The number of aryl methyl sites for hydroxylation is 1. The number of benzene rings is 2. The van der Waals surface area contributed by atoms with Crippen molar-refractivity contribution >= 4 is 16.0 Å². The summed E-state index contributed by atoms with van der Waals surface area (Å²) < 4.78 is 38.5. The van der Waals surface area contributed by atoms with Gasteiger partial charge in [-0.3, -0.25) is 4.79 Å². The molecule has 2 aromatic rings. The normalized spacial score (nSPS) is 22.9. The Balaban J connectivity index is 1.78. The maximum Gasteiger partial charge on any atom is 0.324 e. The molecule has 0 unspecified atom stereocenters. The van der Waals surface area contributed by atoms with E-state index in [9.17, 15) is 18.3 Å². The summed E-state index contributed by atoms with van der Waals surface area (Å²) in [5, 5.41) is 9.51. The van der Waals surface area contributed by atoms with Gasteiger partial charge < -0.3 is 14.6 Å². The predicted octanol–water partition coefficient (Wildman–Crippen LogP) is 2.83. The summed E-state index contributed by atoms with van der Waals surface area (Å²) in [7, 11) is -4.00. The molecule has 1 N–H and O–H groups in total. The van der Waals surface area contributed by atoms with Crippen LogP contribution in [-0.4, -0.2) is 48.6 Å². The number of ether oxygens (including phenoxy) is 2. The van der Waals surface area contributed by atoms with E-state index in [4.69, 9.17) is 9.47 Å². The molecule has 1 saturated heterocycles. The van der Waals surface area contributed by atoms with Crippen LogP contribution in [0.2, 0.25) is 0 Å². The number of nitrogens with zero attached hydrogens (tertiary/aromatic N) is 1. The van der Waals surface area contributed by atoms with Crippen LogP contribution in [0.4, 0.5) is 0 Å². The standard InChI is InChI=1S/C21H25NO6S/c1-14-6-4-5-7-17(14)13-27-18-8-10-19(11-9-18)29(25,26)22-12-15(2)28-16(3)20(22)21(23)24/h4-11,15-16,20H,12-13H2,1-3H3,(H,23,24)/t15-,16-,20+/m0/s1. The number of hydrogen-bond acceptors (Lipinski definition) is 5. The zero-order chi connectivity index (χ0) is 21.2. The minimum atomic E-state index is -4.00. The van der Waals surface area contributed by atoms with Crippen LogP contribution in [0.3, 0.4) is 0 Å². The van der Waals surface area contributed by atoms with Crippen LogP contribution < -0.4 is 4.74 Å². The molecule has 0 radical (unpaired) electrons. The molecule has 0 spiro atoms. The Bertz CT molecular complexity index is 973. The van der Waals surface area contributed by atoms with Crippen molar-refractivity contribution in [1.82, 2.24) is 4.31 Å². The molecule has 3 rings (SSSR count). The van der Waals surface area contributed by atoms with E-state index in [2.05, 4.69) is 0 Å². The lowest BCUT2D eigenvalue weighted by atomic mass is 10.1. The Morgan fingerprint density at radius 3 is 2.45 bits per heavy atom. The highest BCUT2D eigenvalue weighted by molar-refractivity contribution is 7.89.